The van der Waals surface area contributed by atoms with Gasteiger partial charge < -0.3 is 9.88 Å². The molecular weight excluding hydrogens is 412 g/mol. The first kappa shape index (κ1) is 19.3. The van der Waals surface area contributed by atoms with Gasteiger partial charge in [-0.2, -0.15) is 3.97 Å². The highest BCUT2D eigenvalue weighted by molar-refractivity contribution is 7.90. The fourth-order valence-corrected chi connectivity index (χ4v) is 5.18. The summed E-state index contributed by atoms with van der Waals surface area (Å²) in [5.41, 5.74) is 3.58. The molecule has 0 bridgehead atoms. The van der Waals surface area contributed by atoms with Gasteiger partial charge in [-0.05, 0) is 47.4 Å². The predicted molar refractivity (Wildman–Crippen MR) is 119 cm³/mol. The van der Waals surface area contributed by atoms with Gasteiger partial charge in [0.2, 0.25) is 0 Å². The molecule has 3 heterocycles. The number of pyridine rings is 1. The molecule has 0 saturated heterocycles. The van der Waals surface area contributed by atoms with Crippen molar-refractivity contribution >= 4 is 15.7 Å². The molecule has 2 aromatic heterocycles. The van der Waals surface area contributed by atoms with Gasteiger partial charge in [-0.25, -0.2) is 13.2 Å². The smallest absolute Gasteiger partial charge is 0.340 e. The Morgan fingerprint density at radius 1 is 1.03 bits per heavy atom. The van der Waals surface area contributed by atoms with Crippen molar-refractivity contribution < 1.29 is 8.42 Å². The third kappa shape index (κ3) is 3.55. The van der Waals surface area contributed by atoms with Gasteiger partial charge in [-0.1, -0.05) is 36.4 Å². The Bertz CT molecular complexity index is 1390. The van der Waals surface area contributed by atoms with E-state index in [0.29, 0.717) is 12.2 Å². The largest absolute Gasteiger partial charge is 0.367 e. The minimum absolute atomic E-state index is 0.107. The maximum absolute atomic E-state index is 13.2. The molecule has 0 aliphatic carbocycles. The summed E-state index contributed by atoms with van der Waals surface area (Å²) in [4.78, 5) is 21.5. The molecule has 7 nitrogen and oxygen atoms in total. The third-order valence-corrected chi connectivity index (χ3v) is 7.11. The number of hydrogen-bond donors (Lipinski definition) is 1. The standard InChI is InChI=1S/C23H20N4O3S/c28-23-25-21(18-6-2-1-3-7-18)16-27(23)31(29,30)20-8-9-22-19(13-20)10-12-26(22)15-17-5-4-11-24-14-17/h1-9,11,13-14,16H,10,12,15H2,(H,25,28). The monoisotopic (exact) mass is 432 g/mol. The third-order valence-electron chi connectivity index (χ3n) is 5.47. The van der Waals surface area contributed by atoms with Crippen molar-refractivity contribution in [2.75, 3.05) is 11.4 Å². The normalized spacial score (nSPS) is 13.4. The van der Waals surface area contributed by atoms with E-state index in [0.717, 1.165) is 39.3 Å². The molecule has 0 fully saturated rings. The van der Waals surface area contributed by atoms with Crippen LogP contribution < -0.4 is 10.6 Å². The second-order valence-corrected chi connectivity index (χ2v) is 9.28. The molecule has 0 atom stereocenters. The molecule has 2 aromatic carbocycles. The lowest BCUT2D eigenvalue weighted by Crippen LogP contribution is -2.24. The maximum atomic E-state index is 13.2. The number of fused-ring (bicyclic) bond motifs is 1. The first-order valence-electron chi connectivity index (χ1n) is 9.92. The van der Waals surface area contributed by atoms with Crippen molar-refractivity contribution in [1.29, 1.82) is 0 Å². The molecule has 5 rings (SSSR count). The molecule has 1 aliphatic rings. The van der Waals surface area contributed by atoms with Crippen molar-refractivity contribution in [3.8, 4) is 11.3 Å². The number of H-pyrrole nitrogens is 1. The van der Waals surface area contributed by atoms with Gasteiger partial charge in [0.25, 0.3) is 10.0 Å². The van der Waals surface area contributed by atoms with Crippen LogP contribution in [0.5, 0.6) is 0 Å². The maximum Gasteiger partial charge on any atom is 0.340 e. The molecule has 4 aromatic rings. The Morgan fingerprint density at radius 2 is 1.87 bits per heavy atom. The summed E-state index contributed by atoms with van der Waals surface area (Å²) in [5.74, 6) is 0. The second kappa shape index (κ2) is 7.55. The summed E-state index contributed by atoms with van der Waals surface area (Å²) < 4.78 is 27.2. The van der Waals surface area contributed by atoms with E-state index in [1.54, 1.807) is 18.3 Å². The first-order chi connectivity index (χ1) is 15.0. The fourth-order valence-electron chi connectivity index (χ4n) is 3.92. The van der Waals surface area contributed by atoms with Crippen molar-refractivity contribution in [3.05, 3.63) is 101 Å². The van der Waals surface area contributed by atoms with Gasteiger partial charge in [-0.3, -0.25) is 4.98 Å². The van der Waals surface area contributed by atoms with Crippen molar-refractivity contribution in [3.63, 3.8) is 0 Å². The Kier molecular flexibility index (Phi) is 4.71. The van der Waals surface area contributed by atoms with Crippen LogP contribution in [0.4, 0.5) is 5.69 Å². The van der Waals surface area contributed by atoms with Crippen LogP contribution in [0, 0.1) is 0 Å². The molecule has 0 radical (unpaired) electrons. The average molecular weight is 433 g/mol. The minimum Gasteiger partial charge on any atom is -0.367 e. The number of nitrogens with one attached hydrogen (secondary N) is 1. The lowest BCUT2D eigenvalue weighted by atomic mass is 10.2. The number of nitrogens with zero attached hydrogens (tertiary/aromatic N) is 3. The minimum atomic E-state index is -4.01. The molecule has 0 saturated carbocycles. The molecule has 156 valence electrons. The SMILES string of the molecule is O=c1[nH]c(-c2ccccc2)cn1S(=O)(=O)c1ccc2c(c1)CCN2Cc1cccnc1. The summed E-state index contributed by atoms with van der Waals surface area (Å²) >= 11 is 0. The summed E-state index contributed by atoms with van der Waals surface area (Å²) in [7, 11) is -4.01. The van der Waals surface area contributed by atoms with Crippen LogP contribution in [0.15, 0.2) is 88.9 Å². The van der Waals surface area contributed by atoms with Crippen LogP contribution >= 0.6 is 0 Å². The van der Waals surface area contributed by atoms with E-state index >= 15 is 0 Å². The predicted octanol–water partition coefficient (Wildman–Crippen LogP) is 3.04. The van der Waals surface area contributed by atoms with E-state index in [1.165, 1.54) is 6.20 Å². The molecule has 0 unspecified atom stereocenters. The number of benzene rings is 2. The van der Waals surface area contributed by atoms with Gasteiger partial charge in [0.05, 0.1) is 16.8 Å². The Labute approximate surface area is 179 Å². The molecule has 1 N–H and O–H groups in total. The summed E-state index contributed by atoms with van der Waals surface area (Å²) in [5, 5.41) is 0. The summed E-state index contributed by atoms with van der Waals surface area (Å²) in [6.07, 6.45) is 5.66. The van der Waals surface area contributed by atoms with Crippen LogP contribution in [-0.2, 0) is 23.0 Å². The summed E-state index contributed by atoms with van der Waals surface area (Å²) in [6, 6.07) is 18.1. The molecular formula is C23H20N4O3S. The van der Waals surface area contributed by atoms with Gasteiger partial charge in [0.15, 0.2) is 0 Å². The van der Waals surface area contributed by atoms with Crippen molar-refractivity contribution in [1.82, 2.24) is 13.9 Å². The molecule has 1 aliphatic heterocycles. The Hall–Kier alpha value is -3.65. The molecule has 0 spiro atoms. The topological polar surface area (TPSA) is 88.1 Å². The zero-order chi connectivity index (χ0) is 21.4. The van der Waals surface area contributed by atoms with E-state index in [9.17, 15) is 13.2 Å². The second-order valence-electron chi connectivity index (χ2n) is 7.46. The molecule has 8 heteroatoms. The van der Waals surface area contributed by atoms with Gasteiger partial charge in [-0.15, -0.1) is 0 Å². The van der Waals surface area contributed by atoms with Crippen LogP contribution in [-0.4, -0.2) is 28.9 Å². The first-order valence-corrected chi connectivity index (χ1v) is 11.4. The number of imidazole rings is 1. The van der Waals surface area contributed by atoms with Gasteiger partial charge in [0.1, 0.15) is 0 Å². The van der Waals surface area contributed by atoms with E-state index < -0.39 is 15.7 Å². The lowest BCUT2D eigenvalue weighted by Gasteiger charge is -2.19. The number of hydrogen-bond acceptors (Lipinski definition) is 5. The van der Waals surface area contributed by atoms with Gasteiger partial charge in [0, 0.05) is 31.2 Å². The number of aromatic amines is 1. The zero-order valence-corrected chi connectivity index (χ0v) is 17.4. The highest BCUT2D eigenvalue weighted by Gasteiger charge is 2.25. The quantitative estimate of drug-likeness (QED) is 0.524. The van der Waals surface area contributed by atoms with Crippen LogP contribution in [0.2, 0.25) is 0 Å². The fraction of sp³-hybridized carbons (Fsp3) is 0.130. The van der Waals surface area contributed by atoms with E-state index in [1.807, 2.05) is 54.7 Å². The van der Waals surface area contributed by atoms with E-state index in [-0.39, 0.29) is 4.90 Å². The van der Waals surface area contributed by atoms with Crippen LogP contribution in [0.25, 0.3) is 11.3 Å². The number of aromatic nitrogens is 3. The van der Waals surface area contributed by atoms with E-state index in [2.05, 4.69) is 14.9 Å². The molecule has 0 amide bonds. The van der Waals surface area contributed by atoms with Crippen LogP contribution in [0.1, 0.15) is 11.1 Å². The Morgan fingerprint density at radius 3 is 2.65 bits per heavy atom. The van der Waals surface area contributed by atoms with Crippen molar-refractivity contribution in [2.45, 2.75) is 17.9 Å². The summed E-state index contributed by atoms with van der Waals surface area (Å²) in [6.45, 7) is 1.51. The number of anilines is 1. The average Bonchev–Trinajstić information content (AvgIpc) is 3.39. The number of rotatable bonds is 5. The lowest BCUT2D eigenvalue weighted by molar-refractivity contribution is 0.585. The van der Waals surface area contributed by atoms with Gasteiger partial charge >= 0.3 is 5.69 Å². The van der Waals surface area contributed by atoms with E-state index in [4.69, 9.17) is 0 Å². The molecule has 31 heavy (non-hydrogen) atoms. The van der Waals surface area contributed by atoms with Crippen molar-refractivity contribution in [2.24, 2.45) is 0 Å². The van der Waals surface area contributed by atoms with Crippen LogP contribution in [0.3, 0.4) is 0 Å². The Balaban J connectivity index is 1.46. The zero-order valence-electron chi connectivity index (χ0n) is 16.6. The highest BCUT2D eigenvalue weighted by Crippen LogP contribution is 2.32. The highest BCUT2D eigenvalue weighted by atomic mass is 32.2.